The van der Waals surface area contributed by atoms with E-state index in [0.717, 1.165) is 25.2 Å². The van der Waals surface area contributed by atoms with Crippen molar-refractivity contribution < 1.29 is 4.79 Å². The Labute approximate surface area is 114 Å². The summed E-state index contributed by atoms with van der Waals surface area (Å²) in [5.74, 6) is 0.819. The first-order chi connectivity index (χ1) is 8.33. The summed E-state index contributed by atoms with van der Waals surface area (Å²) in [6.07, 6.45) is 4.20. The molecule has 18 heavy (non-hydrogen) atoms. The lowest BCUT2D eigenvalue weighted by atomic mass is 9.99. The maximum absolute atomic E-state index is 11.8. The highest BCUT2D eigenvalue weighted by Crippen LogP contribution is 2.33. The maximum Gasteiger partial charge on any atom is 0.224 e. The number of benzene rings is 1. The molecule has 3 nitrogen and oxygen atoms in total. The van der Waals surface area contributed by atoms with Crippen molar-refractivity contribution in [2.45, 2.75) is 32.2 Å². The van der Waals surface area contributed by atoms with Crippen LogP contribution in [-0.2, 0) is 17.8 Å². The third-order valence-corrected chi connectivity index (χ3v) is 3.59. The lowest BCUT2D eigenvalue weighted by molar-refractivity contribution is -0.116. The van der Waals surface area contributed by atoms with Crippen molar-refractivity contribution in [1.29, 1.82) is 0 Å². The summed E-state index contributed by atoms with van der Waals surface area (Å²) in [4.78, 5) is 11.8. The molecule has 1 aliphatic heterocycles. The molecular weight excluding hydrogens is 248 g/mol. The number of carbonyl (C=O) groups excluding carboxylic acids is 1. The summed E-state index contributed by atoms with van der Waals surface area (Å²) < 4.78 is 0. The number of hydrogen-bond donors (Lipinski definition) is 2. The molecule has 2 N–H and O–H groups in total. The lowest BCUT2D eigenvalue weighted by Crippen LogP contribution is -2.25. The van der Waals surface area contributed by atoms with Gasteiger partial charge >= 0.3 is 0 Å². The number of halogens is 1. The third-order valence-electron chi connectivity index (χ3n) is 3.59. The SMILES string of the molecule is Cl.O=C(CC1CC1)Nc1cccc2c1CNCC2. The Bertz CT molecular complexity index is 443. The Balaban J connectivity index is 0.00000120. The molecule has 1 amide bonds. The van der Waals surface area contributed by atoms with Crippen molar-refractivity contribution in [1.82, 2.24) is 5.32 Å². The molecule has 1 heterocycles. The topological polar surface area (TPSA) is 41.1 Å². The highest BCUT2D eigenvalue weighted by Gasteiger charge is 2.24. The minimum Gasteiger partial charge on any atom is -0.326 e. The number of rotatable bonds is 3. The van der Waals surface area contributed by atoms with E-state index in [1.807, 2.05) is 12.1 Å². The van der Waals surface area contributed by atoms with E-state index in [2.05, 4.69) is 16.7 Å². The maximum atomic E-state index is 11.8. The molecule has 1 fully saturated rings. The molecule has 1 saturated carbocycles. The van der Waals surface area contributed by atoms with Crippen molar-refractivity contribution >= 4 is 24.0 Å². The van der Waals surface area contributed by atoms with Crippen molar-refractivity contribution in [2.75, 3.05) is 11.9 Å². The quantitative estimate of drug-likeness (QED) is 0.883. The van der Waals surface area contributed by atoms with Crippen LogP contribution in [0.15, 0.2) is 18.2 Å². The number of hydrogen-bond acceptors (Lipinski definition) is 2. The number of amides is 1. The first-order valence-electron chi connectivity index (χ1n) is 6.44. The van der Waals surface area contributed by atoms with Crippen molar-refractivity contribution in [3.63, 3.8) is 0 Å². The zero-order valence-electron chi connectivity index (χ0n) is 10.4. The first kappa shape index (κ1) is 13.4. The van der Waals surface area contributed by atoms with Crippen LogP contribution in [-0.4, -0.2) is 12.5 Å². The summed E-state index contributed by atoms with van der Waals surface area (Å²) in [6, 6.07) is 6.21. The molecule has 0 aromatic heterocycles. The van der Waals surface area contributed by atoms with Gasteiger partial charge in [-0.3, -0.25) is 4.79 Å². The minimum absolute atomic E-state index is 0. The molecule has 4 heteroatoms. The number of fused-ring (bicyclic) bond motifs is 1. The van der Waals surface area contributed by atoms with Crippen LogP contribution >= 0.6 is 12.4 Å². The van der Waals surface area contributed by atoms with Gasteiger partial charge in [-0.25, -0.2) is 0 Å². The van der Waals surface area contributed by atoms with E-state index >= 15 is 0 Å². The van der Waals surface area contributed by atoms with Crippen LogP contribution in [0, 0.1) is 5.92 Å². The van der Waals surface area contributed by atoms with E-state index in [1.54, 1.807) is 0 Å². The predicted octanol–water partition coefficient (Wildman–Crippen LogP) is 2.49. The van der Waals surface area contributed by atoms with Gasteiger partial charge in [-0.15, -0.1) is 12.4 Å². The summed E-state index contributed by atoms with van der Waals surface area (Å²) in [7, 11) is 0. The van der Waals surface area contributed by atoms with Gasteiger partial charge in [0.1, 0.15) is 0 Å². The van der Waals surface area contributed by atoms with Gasteiger partial charge in [0.25, 0.3) is 0 Å². The molecule has 3 rings (SSSR count). The van der Waals surface area contributed by atoms with Gasteiger partial charge in [-0.1, -0.05) is 12.1 Å². The highest BCUT2D eigenvalue weighted by atomic mass is 35.5. The van der Waals surface area contributed by atoms with E-state index < -0.39 is 0 Å². The fourth-order valence-corrected chi connectivity index (χ4v) is 2.42. The molecule has 1 aliphatic carbocycles. The van der Waals surface area contributed by atoms with E-state index in [0.29, 0.717) is 12.3 Å². The molecule has 98 valence electrons. The Morgan fingerprint density at radius 2 is 2.22 bits per heavy atom. The van der Waals surface area contributed by atoms with Crippen molar-refractivity contribution in [2.24, 2.45) is 5.92 Å². The summed E-state index contributed by atoms with van der Waals surface area (Å²) in [5.41, 5.74) is 3.64. The lowest BCUT2D eigenvalue weighted by Gasteiger charge is -2.20. The highest BCUT2D eigenvalue weighted by molar-refractivity contribution is 5.92. The molecule has 0 bridgehead atoms. The van der Waals surface area contributed by atoms with Crippen LogP contribution in [0.1, 0.15) is 30.4 Å². The molecule has 0 atom stereocenters. The Hall–Kier alpha value is -1.06. The van der Waals surface area contributed by atoms with Crippen LogP contribution in [0.25, 0.3) is 0 Å². The zero-order chi connectivity index (χ0) is 11.7. The monoisotopic (exact) mass is 266 g/mol. The van der Waals surface area contributed by atoms with Crippen LogP contribution in [0.5, 0.6) is 0 Å². The second-order valence-electron chi connectivity index (χ2n) is 5.07. The van der Waals surface area contributed by atoms with Gasteiger partial charge in [-0.2, -0.15) is 0 Å². The van der Waals surface area contributed by atoms with Gasteiger partial charge < -0.3 is 10.6 Å². The van der Waals surface area contributed by atoms with E-state index in [4.69, 9.17) is 0 Å². The molecule has 1 aromatic rings. The van der Waals surface area contributed by atoms with Gasteiger partial charge in [-0.05, 0) is 48.9 Å². The van der Waals surface area contributed by atoms with E-state index in [9.17, 15) is 4.79 Å². The van der Waals surface area contributed by atoms with Gasteiger partial charge in [0.05, 0.1) is 0 Å². The van der Waals surface area contributed by atoms with Crippen LogP contribution in [0.3, 0.4) is 0 Å². The number of carbonyl (C=O) groups is 1. The Morgan fingerprint density at radius 1 is 1.39 bits per heavy atom. The fraction of sp³-hybridized carbons (Fsp3) is 0.500. The first-order valence-corrected chi connectivity index (χ1v) is 6.44. The second-order valence-corrected chi connectivity index (χ2v) is 5.07. The molecule has 2 aliphatic rings. The third kappa shape index (κ3) is 3.03. The molecular formula is C14H19ClN2O. The summed E-state index contributed by atoms with van der Waals surface area (Å²) in [6.45, 7) is 1.90. The molecule has 1 aromatic carbocycles. The standard InChI is InChI=1S/C14H18N2O.ClH/c17-14(8-10-4-5-10)16-13-3-1-2-11-6-7-15-9-12(11)13;/h1-3,10,15H,4-9H2,(H,16,17);1H. The molecule has 0 radical (unpaired) electrons. The van der Waals surface area contributed by atoms with Crippen molar-refractivity contribution in [3.05, 3.63) is 29.3 Å². The van der Waals surface area contributed by atoms with E-state index in [1.165, 1.54) is 24.0 Å². The number of anilines is 1. The van der Waals surface area contributed by atoms with Crippen LogP contribution < -0.4 is 10.6 Å². The normalized spacial score (nSPS) is 17.6. The van der Waals surface area contributed by atoms with Gasteiger partial charge in [0.2, 0.25) is 5.91 Å². The van der Waals surface area contributed by atoms with Crippen LogP contribution in [0.2, 0.25) is 0 Å². The largest absolute Gasteiger partial charge is 0.326 e. The smallest absolute Gasteiger partial charge is 0.224 e. The molecule has 0 saturated heterocycles. The summed E-state index contributed by atoms with van der Waals surface area (Å²) in [5, 5.41) is 6.42. The second kappa shape index (κ2) is 5.72. The van der Waals surface area contributed by atoms with E-state index in [-0.39, 0.29) is 18.3 Å². The number of nitrogens with one attached hydrogen (secondary N) is 2. The minimum atomic E-state index is 0. The molecule has 0 unspecified atom stereocenters. The van der Waals surface area contributed by atoms with Gasteiger partial charge in [0.15, 0.2) is 0 Å². The predicted molar refractivity (Wildman–Crippen MR) is 75.1 cm³/mol. The Kier molecular flexibility index (Phi) is 4.25. The molecule has 0 spiro atoms. The average molecular weight is 267 g/mol. The fourth-order valence-electron chi connectivity index (χ4n) is 2.42. The average Bonchev–Trinajstić information content (AvgIpc) is 3.13. The van der Waals surface area contributed by atoms with Crippen molar-refractivity contribution in [3.8, 4) is 0 Å². The summed E-state index contributed by atoms with van der Waals surface area (Å²) >= 11 is 0. The Morgan fingerprint density at radius 3 is 3.00 bits per heavy atom. The zero-order valence-corrected chi connectivity index (χ0v) is 11.2. The van der Waals surface area contributed by atoms with Gasteiger partial charge in [0, 0.05) is 18.7 Å². The van der Waals surface area contributed by atoms with Crippen LogP contribution in [0.4, 0.5) is 5.69 Å².